The molecule has 2 aromatic heterocycles. The van der Waals surface area contributed by atoms with Crippen molar-refractivity contribution in [2.45, 2.75) is 34.7 Å². The SMILES string of the molecule is CN(C)C(=O)Cc1ccc([C@H]2C[C@]2(NS(=O)(=O)c2ccc(-c3cc(C(F)(F)F)on3)s2)C(=O)O)cc1. The molecule has 0 spiro atoms. The number of carboxylic acids is 1. The molecule has 1 aromatic carbocycles. The predicted octanol–water partition coefficient (Wildman–Crippen LogP) is 3.34. The lowest BCUT2D eigenvalue weighted by atomic mass is 10.0. The summed E-state index contributed by atoms with van der Waals surface area (Å²) in [7, 11) is -1.06. The van der Waals surface area contributed by atoms with Crippen molar-refractivity contribution in [3.05, 3.63) is 59.4 Å². The van der Waals surface area contributed by atoms with Crippen LogP contribution in [0.15, 0.2) is 51.2 Å². The van der Waals surface area contributed by atoms with Crippen molar-refractivity contribution in [3.63, 3.8) is 0 Å². The van der Waals surface area contributed by atoms with E-state index in [1.54, 1.807) is 38.4 Å². The molecule has 0 unspecified atom stereocenters. The van der Waals surface area contributed by atoms with Gasteiger partial charge in [-0.3, -0.25) is 9.59 Å². The average Bonchev–Trinajstić information content (AvgIpc) is 3.16. The number of hydrogen-bond acceptors (Lipinski definition) is 7. The summed E-state index contributed by atoms with van der Waals surface area (Å²) >= 11 is 0.635. The van der Waals surface area contributed by atoms with Crippen LogP contribution in [0.1, 0.15) is 29.2 Å². The zero-order valence-corrected chi connectivity index (χ0v) is 20.5. The van der Waals surface area contributed by atoms with Crippen molar-refractivity contribution in [3.8, 4) is 10.6 Å². The van der Waals surface area contributed by atoms with Gasteiger partial charge >= 0.3 is 12.1 Å². The van der Waals surface area contributed by atoms with E-state index in [0.717, 1.165) is 11.6 Å². The summed E-state index contributed by atoms with van der Waals surface area (Å²) in [5.41, 5.74) is -0.650. The van der Waals surface area contributed by atoms with E-state index in [4.69, 9.17) is 0 Å². The minimum Gasteiger partial charge on any atom is -0.480 e. The molecule has 1 amide bonds. The van der Waals surface area contributed by atoms with Crippen LogP contribution in [-0.2, 0) is 32.2 Å². The van der Waals surface area contributed by atoms with Gasteiger partial charge in [0, 0.05) is 26.1 Å². The van der Waals surface area contributed by atoms with Crippen molar-refractivity contribution in [1.29, 1.82) is 0 Å². The molecular formula is C22H20F3N3O6S2. The van der Waals surface area contributed by atoms with E-state index in [2.05, 4.69) is 14.4 Å². The molecule has 36 heavy (non-hydrogen) atoms. The van der Waals surface area contributed by atoms with Crippen molar-refractivity contribution >= 4 is 33.2 Å². The number of carbonyl (C=O) groups is 2. The predicted molar refractivity (Wildman–Crippen MR) is 122 cm³/mol. The van der Waals surface area contributed by atoms with Crippen molar-refractivity contribution in [2.24, 2.45) is 0 Å². The van der Waals surface area contributed by atoms with E-state index in [0.29, 0.717) is 23.0 Å². The maximum absolute atomic E-state index is 13.0. The molecule has 0 saturated heterocycles. The van der Waals surface area contributed by atoms with E-state index in [1.165, 1.54) is 11.0 Å². The topological polar surface area (TPSA) is 130 Å². The number of likely N-dealkylation sites (N-methyl/N-ethyl adjacent to an activating group) is 1. The molecule has 3 aromatic rings. The molecular weight excluding hydrogens is 523 g/mol. The van der Waals surface area contributed by atoms with Gasteiger partial charge in [-0.2, -0.15) is 17.9 Å². The Hall–Kier alpha value is -3.23. The van der Waals surface area contributed by atoms with Crippen LogP contribution in [0.25, 0.3) is 10.6 Å². The summed E-state index contributed by atoms with van der Waals surface area (Å²) in [5.74, 6) is -3.42. The second-order valence-corrected chi connectivity index (χ2v) is 11.5. The number of nitrogens with one attached hydrogen (secondary N) is 1. The van der Waals surface area contributed by atoms with E-state index in [1.807, 2.05) is 0 Å². The number of amides is 1. The molecule has 192 valence electrons. The number of benzene rings is 1. The molecule has 9 nitrogen and oxygen atoms in total. The molecule has 2 atom stereocenters. The van der Waals surface area contributed by atoms with E-state index >= 15 is 0 Å². The number of sulfonamides is 1. The number of aromatic nitrogens is 1. The first kappa shape index (κ1) is 25.9. The number of alkyl halides is 3. The highest BCUT2D eigenvalue weighted by atomic mass is 32.2. The third kappa shape index (κ3) is 5.01. The fourth-order valence-electron chi connectivity index (χ4n) is 3.68. The maximum atomic E-state index is 13.0. The molecule has 1 aliphatic carbocycles. The Morgan fingerprint density at radius 2 is 1.89 bits per heavy atom. The largest absolute Gasteiger partial charge is 0.480 e. The van der Waals surface area contributed by atoms with Gasteiger partial charge in [0.2, 0.25) is 11.7 Å². The van der Waals surface area contributed by atoms with E-state index in [-0.39, 0.29) is 33.5 Å². The Bertz CT molecular complexity index is 1410. The number of carboxylic acid groups (broad SMARTS) is 1. The Morgan fingerprint density at radius 3 is 2.44 bits per heavy atom. The van der Waals surface area contributed by atoms with Gasteiger partial charge in [0.1, 0.15) is 15.4 Å². The fraction of sp³-hybridized carbons (Fsp3) is 0.318. The number of carbonyl (C=O) groups excluding carboxylic acids is 1. The number of nitrogens with zero attached hydrogens (tertiary/aromatic N) is 2. The molecule has 2 N–H and O–H groups in total. The lowest BCUT2D eigenvalue weighted by molar-refractivity contribution is -0.155. The Balaban J connectivity index is 1.52. The van der Waals surface area contributed by atoms with Crippen LogP contribution in [0.4, 0.5) is 13.2 Å². The molecule has 4 rings (SSSR count). The van der Waals surface area contributed by atoms with Gasteiger partial charge in [-0.1, -0.05) is 29.4 Å². The Morgan fingerprint density at radius 1 is 1.22 bits per heavy atom. The minimum absolute atomic E-state index is 0.00794. The lowest BCUT2D eigenvalue weighted by Gasteiger charge is -2.15. The van der Waals surface area contributed by atoms with Gasteiger partial charge < -0.3 is 14.5 Å². The van der Waals surface area contributed by atoms with Crippen LogP contribution in [0, 0.1) is 0 Å². The number of rotatable bonds is 8. The second kappa shape index (κ2) is 9.01. The number of aliphatic carboxylic acids is 1. The van der Waals surface area contributed by atoms with Crippen LogP contribution in [0.5, 0.6) is 0 Å². The second-order valence-electron chi connectivity index (χ2n) is 8.54. The molecule has 2 heterocycles. The molecule has 1 aliphatic rings. The van der Waals surface area contributed by atoms with Crippen molar-refractivity contribution in [1.82, 2.24) is 14.8 Å². The third-order valence-electron chi connectivity index (χ3n) is 5.78. The monoisotopic (exact) mass is 543 g/mol. The van der Waals surface area contributed by atoms with E-state index in [9.17, 15) is 36.3 Å². The standard InChI is InChI=1S/C22H20F3N3O6S2/c1-28(2)18(29)9-12-3-5-13(6-4-12)14-11-21(14,20(30)31)27-36(32,33)19-8-7-16(35-19)15-10-17(34-26-15)22(23,24)25/h3-8,10,14,27H,9,11H2,1-2H3,(H,30,31)/t14-,21-/m1/s1. The normalized spacial score (nSPS) is 19.8. The summed E-state index contributed by atoms with van der Waals surface area (Å²) in [4.78, 5) is 25.5. The first-order chi connectivity index (χ1) is 16.7. The van der Waals surface area contributed by atoms with Gasteiger partial charge in [0.05, 0.1) is 11.3 Å². The quantitative estimate of drug-likeness (QED) is 0.446. The lowest BCUT2D eigenvalue weighted by Crippen LogP contribution is -2.44. The van der Waals surface area contributed by atoms with Gasteiger partial charge in [-0.25, -0.2) is 8.42 Å². The fourth-order valence-corrected chi connectivity index (χ4v) is 6.34. The third-order valence-corrected chi connectivity index (χ3v) is 8.89. The summed E-state index contributed by atoms with van der Waals surface area (Å²) in [6.45, 7) is 0. The highest BCUT2D eigenvalue weighted by Gasteiger charge is 2.63. The van der Waals surface area contributed by atoms with Crippen molar-refractivity contribution in [2.75, 3.05) is 14.1 Å². The molecule has 1 saturated carbocycles. The maximum Gasteiger partial charge on any atom is 0.452 e. The molecule has 14 heteroatoms. The van der Waals surface area contributed by atoms with Gasteiger partial charge in [0.15, 0.2) is 0 Å². The summed E-state index contributed by atoms with van der Waals surface area (Å²) in [6, 6.07) is 9.78. The first-order valence-electron chi connectivity index (χ1n) is 10.4. The van der Waals surface area contributed by atoms with E-state index < -0.39 is 39.4 Å². The molecule has 1 fully saturated rings. The average molecular weight is 544 g/mol. The minimum atomic E-state index is -4.74. The van der Waals surface area contributed by atoms with Gasteiger partial charge in [-0.05, 0) is 29.7 Å². The summed E-state index contributed by atoms with van der Waals surface area (Å²) in [6.07, 6.45) is -4.56. The van der Waals surface area contributed by atoms with Crippen LogP contribution in [-0.4, -0.2) is 55.1 Å². The zero-order chi connectivity index (χ0) is 26.5. The van der Waals surface area contributed by atoms with Crippen LogP contribution >= 0.6 is 11.3 Å². The smallest absolute Gasteiger partial charge is 0.452 e. The highest BCUT2D eigenvalue weighted by Crippen LogP contribution is 2.52. The summed E-state index contributed by atoms with van der Waals surface area (Å²) < 4.78 is 70.5. The van der Waals surface area contributed by atoms with Gasteiger partial charge in [0.25, 0.3) is 10.0 Å². The zero-order valence-electron chi connectivity index (χ0n) is 18.9. The van der Waals surface area contributed by atoms with Gasteiger partial charge in [-0.15, -0.1) is 11.3 Å². The Labute approximate surface area is 207 Å². The number of thiophene rings is 1. The first-order valence-corrected chi connectivity index (χ1v) is 12.7. The Kier molecular flexibility index (Phi) is 6.47. The van der Waals surface area contributed by atoms with Crippen LogP contribution in [0.2, 0.25) is 0 Å². The molecule has 0 radical (unpaired) electrons. The molecule has 0 bridgehead atoms. The summed E-state index contributed by atoms with van der Waals surface area (Å²) in [5, 5.41) is 13.2. The highest BCUT2D eigenvalue weighted by molar-refractivity contribution is 7.91. The number of hydrogen-bond donors (Lipinski definition) is 2. The van der Waals surface area contributed by atoms with Crippen LogP contribution in [0.3, 0.4) is 0 Å². The van der Waals surface area contributed by atoms with Crippen LogP contribution < -0.4 is 4.72 Å². The number of halogens is 3. The van der Waals surface area contributed by atoms with Crippen molar-refractivity contribution < 1.29 is 40.8 Å². The molecule has 0 aliphatic heterocycles.